The molecule has 8 nitrogen and oxygen atoms in total. The summed E-state index contributed by atoms with van der Waals surface area (Å²) in [6, 6.07) is 9.92. The van der Waals surface area contributed by atoms with Crippen molar-refractivity contribution in [3.05, 3.63) is 52.9 Å². The van der Waals surface area contributed by atoms with E-state index in [0.717, 1.165) is 12.8 Å². The molecule has 1 aromatic carbocycles. The average molecular weight is 437 g/mol. The molecule has 32 heavy (non-hydrogen) atoms. The Morgan fingerprint density at radius 1 is 1.25 bits per heavy atom. The molecule has 0 amide bonds. The highest BCUT2D eigenvalue weighted by molar-refractivity contribution is 5.72. The van der Waals surface area contributed by atoms with Crippen molar-refractivity contribution in [2.45, 2.75) is 50.0 Å². The van der Waals surface area contributed by atoms with Gasteiger partial charge in [-0.15, -0.1) is 10.2 Å². The molecule has 9 heteroatoms. The van der Waals surface area contributed by atoms with Crippen molar-refractivity contribution in [2.24, 2.45) is 7.05 Å². The second kappa shape index (κ2) is 7.67. The number of rotatable bonds is 4. The van der Waals surface area contributed by atoms with Gasteiger partial charge < -0.3 is 15.2 Å². The minimum atomic E-state index is -1.12. The maximum atomic E-state index is 14.9. The lowest BCUT2D eigenvalue weighted by Gasteiger charge is -2.39. The third kappa shape index (κ3) is 3.52. The lowest BCUT2D eigenvalue weighted by atomic mass is 9.88. The largest absolute Gasteiger partial charge is 0.507 e. The molecule has 2 aliphatic rings. The number of aromatic nitrogens is 4. The topological polar surface area (TPSA) is 102 Å². The molecular weight excluding hydrogens is 413 g/mol. The van der Waals surface area contributed by atoms with E-state index in [-0.39, 0.29) is 23.2 Å². The van der Waals surface area contributed by atoms with Crippen molar-refractivity contribution in [3.8, 4) is 34.3 Å². The van der Waals surface area contributed by atoms with Gasteiger partial charge in [0.1, 0.15) is 17.7 Å². The Morgan fingerprint density at radius 3 is 2.84 bits per heavy atom. The van der Waals surface area contributed by atoms with Crippen molar-refractivity contribution in [2.75, 3.05) is 0 Å². The van der Waals surface area contributed by atoms with Gasteiger partial charge in [0.15, 0.2) is 6.17 Å². The molecular formula is C23H24FN5O3. The van der Waals surface area contributed by atoms with Crippen LogP contribution >= 0.6 is 0 Å². The first-order valence-electron chi connectivity index (χ1n) is 10.6. The van der Waals surface area contributed by atoms with Gasteiger partial charge in [0.25, 0.3) is 5.56 Å². The maximum Gasteiger partial charge on any atom is 0.253 e. The van der Waals surface area contributed by atoms with Crippen LogP contribution in [-0.2, 0) is 7.05 Å². The zero-order valence-electron chi connectivity index (χ0n) is 17.8. The van der Waals surface area contributed by atoms with Crippen LogP contribution in [0, 0.1) is 0 Å². The summed E-state index contributed by atoms with van der Waals surface area (Å²) in [5.74, 6) is 0.681. The highest BCUT2D eigenvalue weighted by Gasteiger charge is 2.51. The van der Waals surface area contributed by atoms with Crippen molar-refractivity contribution in [1.29, 1.82) is 0 Å². The summed E-state index contributed by atoms with van der Waals surface area (Å²) in [6.45, 7) is 1.90. The van der Waals surface area contributed by atoms with Gasteiger partial charge >= 0.3 is 0 Å². The van der Waals surface area contributed by atoms with Crippen LogP contribution in [-0.4, -0.2) is 48.7 Å². The summed E-state index contributed by atoms with van der Waals surface area (Å²) in [7, 11) is 1.62. The van der Waals surface area contributed by atoms with Crippen LogP contribution in [0.2, 0.25) is 0 Å². The first-order valence-corrected chi connectivity index (χ1v) is 10.6. The SMILES string of the molecule is Cn1c(-c2ccc(-c3ccc(O[C@@H]4CC5CC[C@](C)(N5)[C@H]4F)nn3)c(O)c2)nccc1=O. The number of piperidine rings is 1. The van der Waals surface area contributed by atoms with E-state index in [1.54, 1.807) is 31.3 Å². The van der Waals surface area contributed by atoms with Gasteiger partial charge in [-0.1, -0.05) is 6.07 Å². The Balaban J connectivity index is 1.35. The van der Waals surface area contributed by atoms with E-state index < -0.39 is 17.8 Å². The molecule has 166 valence electrons. The highest BCUT2D eigenvalue weighted by Crippen LogP contribution is 2.39. The minimum absolute atomic E-state index is 0.0183. The van der Waals surface area contributed by atoms with E-state index in [4.69, 9.17) is 4.74 Å². The Kier molecular flexibility index (Phi) is 4.93. The number of aromatic hydroxyl groups is 1. The Labute approximate surface area is 184 Å². The van der Waals surface area contributed by atoms with Crippen LogP contribution in [0.25, 0.3) is 22.6 Å². The van der Waals surface area contributed by atoms with Crippen molar-refractivity contribution in [1.82, 2.24) is 25.1 Å². The number of hydrogen-bond acceptors (Lipinski definition) is 7. The molecule has 0 radical (unpaired) electrons. The molecule has 2 fully saturated rings. The van der Waals surface area contributed by atoms with Crippen molar-refractivity contribution >= 4 is 0 Å². The predicted molar refractivity (Wildman–Crippen MR) is 116 cm³/mol. The van der Waals surface area contributed by atoms with Crippen molar-refractivity contribution in [3.63, 3.8) is 0 Å². The Hall–Kier alpha value is -3.33. The average Bonchev–Trinajstić information content (AvgIpc) is 3.12. The van der Waals surface area contributed by atoms with Gasteiger partial charge in [-0.2, -0.15) is 0 Å². The second-order valence-electron chi connectivity index (χ2n) is 8.75. The normalized spacial score (nSPS) is 26.8. The summed E-state index contributed by atoms with van der Waals surface area (Å²) in [5, 5.41) is 22.2. The molecule has 2 saturated heterocycles. The maximum absolute atomic E-state index is 14.9. The molecule has 2 bridgehead atoms. The number of ether oxygens (including phenoxy) is 1. The van der Waals surface area contributed by atoms with Gasteiger partial charge in [0, 0.05) is 49.0 Å². The standard InChI is InChI=1S/C23H24FN5O3/c1-23-9-7-14(26-23)12-18(21(23)24)32-19-6-5-16(27-28-19)15-4-3-13(11-17(15)30)22-25-10-8-20(31)29(22)2/h3-6,8,10-11,14,18,21,26,30H,7,9,12H2,1-2H3/t14?,18-,21+,23+/m1/s1. The molecule has 4 atom stereocenters. The fourth-order valence-electron chi connectivity index (χ4n) is 4.71. The van der Waals surface area contributed by atoms with Crippen LogP contribution in [0.15, 0.2) is 47.4 Å². The van der Waals surface area contributed by atoms with Crippen molar-refractivity contribution < 1.29 is 14.2 Å². The summed E-state index contributed by atoms with van der Waals surface area (Å²) in [4.78, 5) is 16.1. The first-order chi connectivity index (χ1) is 15.3. The lowest BCUT2D eigenvalue weighted by Crippen LogP contribution is -2.59. The van der Waals surface area contributed by atoms with Gasteiger partial charge in [0.2, 0.25) is 5.88 Å². The number of nitrogens with zero attached hydrogens (tertiary/aromatic N) is 4. The Morgan fingerprint density at radius 2 is 2.09 bits per heavy atom. The summed E-state index contributed by atoms with van der Waals surface area (Å²) in [6.07, 6.45) is 2.09. The molecule has 4 heterocycles. The fraction of sp³-hybridized carbons (Fsp3) is 0.391. The van der Waals surface area contributed by atoms with E-state index in [9.17, 15) is 14.3 Å². The quantitative estimate of drug-likeness (QED) is 0.647. The van der Waals surface area contributed by atoms with Crippen LogP contribution < -0.4 is 15.6 Å². The number of phenolic OH excluding ortho intramolecular Hbond substituents is 1. The molecule has 2 aromatic heterocycles. The molecule has 5 rings (SSSR count). The van der Waals surface area contributed by atoms with Gasteiger partial charge in [-0.05, 0) is 38.0 Å². The number of halogens is 1. The minimum Gasteiger partial charge on any atom is -0.507 e. The van der Waals surface area contributed by atoms with Crippen LogP contribution in [0.1, 0.15) is 26.2 Å². The monoisotopic (exact) mass is 437 g/mol. The van der Waals surface area contributed by atoms with Gasteiger partial charge in [-0.3, -0.25) is 9.36 Å². The zero-order valence-corrected chi connectivity index (χ0v) is 17.8. The summed E-state index contributed by atoms with van der Waals surface area (Å²) >= 11 is 0. The lowest BCUT2D eigenvalue weighted by molar-refractivity contribution is 0.00813. The van der Waals surface area contributed by atoms with E-state index >= 15 is 0 Å². The molecule has 2 N–H and O–H groups in total. The first kappa shape index (κ1) is 20.6. The van der Waals surface area contributed by atoms with E-state index in [1.165, 1.54) is 22.9 Å². The van der Waals surface area contributed by atoms with E-state index in [1.807, 2.05) is 6.92 Å². The Bertz CT molecular complexity index is 1210. The van der Waals surface area contributed by atoms with Gasteiger partial charge in [-0.25, -0.2) is 9.37 Å². The zero-order chi connectivity index (χ0) is 22.5. The molecule has 2 aliphatic heterocycles. The molecule has 1 unspecified atom stereocenters. The second-order valence-corrected chi connectivity index (χ2v) is 8.75. The summed E-state index contributed by atoms with van der Waals surface area (Å²) < 4.78 is 22.2. The van der Waals surface area contributed by atoms with Gasteiger partial charge in [0.05, 0.1) is 11.2 Å². The number of fused-ring (bicyclic) bond motifs is 2. The molecule has 0 aliphatic carbocycles. The summed E-state index contributed by atoms with van der Waals surface area (Å²) in [5.41, 5.74) is 0.787. The highest BCUT2D eigenvalue weighted by atomic mass is 19.1. The third-order valence-electron chi connectivity index (χ3n) is 6.50. The van der Waals surface area contributed by atoms with Crippen LogP contribution in [0.4, 0.5) is 4.39 Å². The van der Waals surface area contributed by atoms with E-state index in [2.05, 4.69) is 20.5 Å². The number of benzene rings is 1. The smallest absolute Gasteiger partial charge is 0.253 e. The predicted octanol–water partition coefficient (Wildman–Crippen LogP) is 2.61. The number of phenols is 1. The molecule has 0 saturated carbocycles. The van der Waals surface area contributed by atoms with Crippen LogP contribution in [0.5, 0.6) is 11.6 Å². The van der Waals surface area contributed by atoms with Crippen LogP contribution in [0.3, 0.4) is 0 Å². The molecule has 0 spiro atoms. The number of nitrogens with one attached hydrogen (secondary N) is 1. The number of hydrogen-bond donors (Lipinski definition) is 2. The number of alkyl halides is 1. The fourth-order valence-corrected chi connectivity index (χ4v) is 4.71. The molecule has 3 aromatic rings. The third-order valence-corrected chi connectivity index (χ3v) is 6.50. The van der Waals surface area contributed by atoms with E-state index in [0.29, 0.717) is 29.1 Å².